The summed E-state index contributed by atoms with van der Waals surface area (Å²) in [5.74, 6) is -2.35. The van der Waals surface area contributed by atoms with Crippen molar-refractivity contribution in [2.45, 2.75) is 18.6 Å². The Morgan fingerprint density at radius 1 is 1.32 bits per heavy atom. The van der Waals surface area contributed by atoms with E-state index in [4.69, 9.17) is 5.73 Å². The Balaban J connectivity index is 2.37. The van der Waals surface area contributed by atoms with E-state index in [-0.39, 0.29) is 16.8 Å². The number of fused-ring (bicyclic) bond motifs is 1. The van der Waals surface area contributed by atoms with Gasteiger partial charge in [0.2, 0.25) is 5.91 Å². The van der Waals surface area contributed by atoms with Crippen LogP contribution < -0.4 is 11.1 Å². The number of rotatable bonds is 4. The third kappa shape index (κ3) is 2.33. The zero-order valence-electron chi connectivity index (χ0n) is 9.79. The van der Waals surface area contributed by atoms with Crippen molar-refractivity contribution in [3.05, 3.63) is 29.3 Å². The summed E-state index contributed by atoms with van der Waals surface area (Å²) in [6.45, 7) is 0. The molecule has 2 rings (SSSR count). The predicted molar refractivity (Wildman–Crippen MR) is 64.2 cm³/mol. The van der Waals surface area contributed by atoms with Crippen LogP contribution in [-0.2, 0) is 9.59 Å². The van der Waals surface area contributed by atoms with Crippen LogP contribution in [0.1, 0.15) is 28.4 Å². The van der Waals surface area contributed by atoms with Gasteiger partial charge in [-0.1, -0.05) is 12.1 Å². The zero-order valence-corrected chi connectivity index (χ0v) is 9.79. The van der Waals surface area contributed by atoms with Crippen LogP contribution in [0.15, 0.2) is 18.2 Å². The van der Waals surface area contributed by atoms with Gasteiger partial charge in [-0.3, -0.25) is 14.4 Å². The largest absolute Gasteiger partial charge is 0.390 e. The number of benzene rings is 1. The molecule has 1 aromatic carbocycles. The molecule has 2 atom stereocenters. The number of nitrogens with one attached hydrogen (secondary N) is 1. The number of aliphatic hydroxyl groups is 2. The van der Waals surface area contributed by atoms with Gasteiger partial charge in [-0.15, -0.1) is 0 Å². The number of hydrogen-bond acceptors (Lipinski definition) is 5. The summed E-state index contributed by atoms with van der Waals surface area (Å²) in [5, 5.41) is 22.0. The number of amides is 2. The number of nitrogens with two attached hydrogens (primary N) is 1. The smallest absolute Gasteiger partial charge is 0.296 e. The molecule has 0 bridgehead atoms. The average molecular weight is 264 g/mol. The molecule has 0 saturated carbocycles. The minimum absolute atomic E-state index is 0.0171. The van der Waals surface area contributed by atoms with Crippen molar-refractivity contribution < 1.29 is 24.6 Å². The summed E-state index contributed by atoms with van der Waals surface area (Å²) in [5.41, 5.74) is 5.31. The fourth-order valence-corrected chi connectivity index (χ4v) is 1.99. The van der Waals surface area contributed by atoms with Gasteiger partial charge in [0.25, 0.3) is 11.7 Å². The van der Waals surface area contributed by atoms with Crippen LogP contribution >= 0.6 is 0 Å². The van der Waals surface area contributed by atoms with Gasteiger partial charge in [-0.25, -0.2) is 0 Å². The third-order valence-electron chi connectivity index (χ3n) is 2.87. The second kappa shape index (κ2) is 4.79. The molecular formula is C12H12N2O5. The molecular weight excluding hydrogens is 252 g/mol. The highest BCUT2D eigenvalue weighted by atomic mass is 16.3. The maximum atomic E-state index is 11.7. The number of carbonyl (C=O) groups excluding carboxylic acids is 3. The molecule has 7 nitrogen and oxygen atoms in total. The van der Waals surface area contributed by atoms with Crippen molar-refractivity contribution in [3.8, 4) is 0 Å². The minimum Gasteiger partial charge on any atom is -0.390 e. The fraction of sp³-hybridized carbons (Fsp3) is 0.250. The Labute approximate surface area is 108 Å². The molecule has 1 aliphatic rings. The Morgan fingerprint density at radius 3 is 2.63 bits per heavy atom. The molecule has 0 spiro atoms. The van der Waals surface area contributed by atoms with Crippen LogP contribution in [0.4, 0.5) is 5.69 Å². The van der Waals surface area contributed by atoms with Gasteiger partial charge in [-0.2, -0.15) is 0 Å². The van der Waals surface area contributed by atoms with Crippen LogP contribution in [-0.4, -0.2) is 33.9 Å². The van der Waals surface area contributed by atoms with Gasteiger partial charge >= 0.3 is 0 Å². The zero-order chi connectivity index (χ0) is 14.2. The van der Waals surface area contributed by atoms with E-state index in [0.29, 0.717) is 0 Å². The van der Waals surface area contributed by atoms with Crippen molar-refractivity contribution >= 4 is 23.3 Å². The third-order valence-corrected chi connectivity index (χ3v) is 2.87. The maximum Gasteiger partial charge on any atom is 0.296 e. The predicted octanol–water partition coefficient (Wildman–Crippen LogP) is -0.909. The second-order valence-corrected chi connectivity index (χ2v) is 4.24. The van der Waals surface area contributed by atoms with E-state index < -0.39 is 36.2 Å². The Bertz CT molecular complexity index is 569. The van der Waals surface area contributed by atoms with Crippen molar-refractivity contribution in [1.29, 1.82) is 0 Å². The van der Waals surface area contributed by atoms with Crippen molar-refractivity contribution in [1.82, 2.24) is 0 Å². The first-order valence-corrected chi connectivity index (χ1v) is 5.55. The van der Waals surface area contributed by atoms with Gasteiger partial charge in [0.15, 0.2) is 0 Å². The number of aliphatic hydroxyl groups excluding tert-OH is 2. The SMILES string of the molecule is NC(=O)CC(O)C(O)c1cccc2c1C(=O)C(=O)N2. The minimum atomic E-state index is -1.47. The number of hydrogen-bond donors (Lipinski definition) is 4. The number of anilines is 1. The highest BCUT2D eigenvalue weighted by Crippen LogP contribution is 2.31. The number of Topliss-reactive ketones (excluding diaryl/α,β-unsaturated/α-hetero) is 1. The molecule has 19 heavy (non-hydrogen) atoms. The van der Waals surface area contributed by atoms with Gasteiger partial charge in [-0.05, 0) is 11.6 Å². The van der Waals surface area contributed by atoms with E-state index in [0.717, 1.165) is 0 Å². The van der Waals surface area contributed by atoms with E-state index in [2.05, 4.69) is 5.32 Å². The molecule has 0 radical (unpaired) electrons. The van der Waals surface area contributed by atoms with Crippen molar-refractivity contribution in [3.63, 3.8) is 0 Å². The summed E-state index contributed by atoms with van der Waals surface area (Å²) in [4.78, 5) is 33.7. The van der Waals surface area contributed by atoms with Crippen LogP contribution in [0.3, 0.4) is 0 Å². The molecule has 0 fully saturated rings. The van der Waals surface area contributed by atoms with Gasteiger partial charge in [0.1, 0.15) is 6.10 Å². The topological polar surface area (TPSA) is 130 Å². The number of carbonyl (C=O) groups is 3. The van der Waals surface area contributed by atoms with E-state index >= 15 is 0 Å². The van der Waals surface area contributed by atoms with Gasteiger partial charge in [0, 0.05) is 0 Å². The molecule has 5 N–H and O–H groups in total. The lowest BCUT2D eigenvalue weighted by atomic mass is 9.95. The van der Waals surface area contributed by atoms with Gasteiger partial charge < -0.3 is 21.3 Å². The molecule has 0 aromatic heterocycles. The normalized spacial score (nSPS) is 16.7. The Morgan fingerprint density at radius 2 is 2.00 bits per heavy atom. The number of primary amides is 1. The molecule has 7 heteroatoms. The van der Waals surface area contributed by atoms with E-state index in [1.807, 2.05) is 0 Å². The first-order valence-electron chi connectivity index (χ1n) is 5.55. The second-order valence-electron chi connectivity index (χ2n) is 4.24. The fourth-order valence-electron chi connectivity index (χ4n) is 1.99. The lowest BCUT2D eigenvalue weighted by Gasteiger charge is -2.18. The van der Waals surface area contributed by atoms with Crippen molar-refractivity contribution in [2.75, 3.05) is 5.32 Å². The monoisotopic (exact) mass is 264 g/mol. The van der Waals surface area contributed by atoms with Crippen LogP contribution in [0, 0.1) is 0 Å². The summed E-state index contributed by atoms with van der Waals surface area (Å²) in [6.07, 6.45) is -3.35. The van der Waals surface area contributed by atoms with Crippen LogP contribution in [0.25, 0.3) is 0 Å². The lowest BCUT2D eigenvalue weighted by Crippen LogP contribution is -2.26. The number of ketones is 1. The molecule has 0 saturated heterocycles. The molecule has 1 aliphatic heterocycles. The molecule has 0 aliphatic carbocycles. The van der Waals surface area contributed by atoms with Crippen LogP contribution in [0.5, 0.6) is 0 Å². The summed E-state index contributed by atoms with van der Waals surface area (Å²) in [7, 11) is 0. The molecule has 2 amide bonds. The maximum absolute atomic E-state index is 11.7. The quantitative estimate of drug-likeness (QED) is 0.523. The molecule has 1 aromatic rings. The van der Waals surface area contributed by atoms with Crippen molar-refractivity contribution in [2.24, 2.45) is 5.73 Å². The lowest BCUT2D eigenvalue weighted by molar-refractivity contribution is -0.121. The summed E-state index contributed by atoms with van der Waals surface area (Å²) in [6, 6.07) is 4.44. The Hall–Kier alpha value is -2.25. The molecule has 1 heterocycles. The highest BCUT2D eigenvalue weighted by molar-refractivity contribution is 6.52. The van der Waals surface area contributed by atoms with E-state index in [9.17, 15) is 24.6 Å². The first kappa shape index (κ1) is 13.2. The highest BCUT2D eigenvalue weighted by Gasteiger charge is 2.34. The average Bonchev–Trinajstić information content (AvgIpc) is 2.63. The summed E-state index contributed by atoms with van der Waals surface area (Å²) < 4.78 is 0. The first-order chi connectivity index (χ1) is 8.91. The van der Waals surface area contributed by atoms with Crippen LogP contribution in [0.2, 0.25) is 0 Å². The molecule has 2 unspecified atom stereocenters. The van der Waals surface area contributed by atoms with E-state index in [1.165, 1.54) is 18.2 Å². The van der Waals surface area contributed by atoms with E-state index in [1.54, 1.807) is 0 Å². The Kier molecular flexibility index (Phi) is 3.32. The summed E-state index contributed by atoms with van der Waals surface area (Å²) >= 11 is 0. The standard InChI is InChI=1S/C12H12N2O5/c13-8(16)4-7(15)10(17)5-2-1-3-6-9(5)11(18)12(19)14-6/h1-3,7,10,15,17H,4H2,(H2,13,16)(H,14,18,19). The van der Waals surface area contributed by atoms with Gasteiger partial charge in [0.05, 0.1) is 23.8 Å². The molecule has 100 valence electrons.